The molecular formula is C30H27N3O4. The van der Waals surface area contributed by atoms with E-state index in [2.05, 4.69) is 16.5 Å². The van der Waals surface area contributed by atoms with Crippen molar-refractivity contribution in [3.8, 4) is 16.9 Å². The number of fused-ring (bicyclic) bond motifs is 1. The maximum atomic E-state index is 13.6. The van der Waals surface area contributed by atoms with Gasteiger partial charge in [-0.3, -0.25) is 9.78 Å². The van der Waals surface area contributed by atoms with Gasteiger partial charge in [-0.25, -0.2) is 4.79 Å². The molecular weight excluding hydrogens is 466 g/mol. The van der Waals surface area contributed by atoms with Crippen LogP contribution < -0.4 is 4.90 Å². The second-order valence-electron chi connectivity index (χ2n) is 8.85. The van der Waals surface area contributed by atoms with Crippen LogP contribution in [0, 0.1) is 0 Å². The van der Waals surface area contributed by atoms with Gasteiger partial charge in [-0.15, -0.1) is 0 Å². The third kappa shape index (κ3) is 5.02. The van der Waals surface area contributed by atoms with Crippen LogP contribution in [0.2, 0.25) is 0 Å². The Morgan fingerprint density at radius 1 is 0.946 bits per heavy atom. The number of carbonyl (C=O) groups excluding carboxylic acids is 2. The number of nitrogens with zero attached hydrogens (tertiary/aromatic N) is 3. The van der Waals surface area contributed by atoms with Crippen LogP contribution in [0.5, 0.6) is 5.75 Å². The van der Waals surface area contributed by atoms with Crippen LogP contribution in [0.15, 0.2) is 91.8 Å². The van der Waals surface area contributed by atoms with E-state index in [-0.39, 0.29) is 24.2 Å². The number of ether oxygens (including phenoxy) is 1. The van der Waals surface area contributed by atoms with Crippen molar-refractivity contribution < 1.29 is 19.4 Å². The molecule has 0 radical (unpaired) electrons. The molecule has 4 aromatic rings. The van der Waals surface area contributed by atoms with Gasteiger partial charge in [0.25, 0.3) is 5.91 Å². The van der Waals surface area contributed by atoms with Gasteiger partial charge in [-0.1, -0.05) is 43.0 Å². The molecule has 1 fully saturated rings. The van der Waals surface area contributed by atoms with E-state index >= 15 is 0 Å². The first-order chi connectivity index (χ1) is 18.0. The van der Waals surface area contributed by atoms with Gasteiger partial charge in [0.15, 0.2) is 0 Å². The summed E-state index contributed by atoms with van der Waals surface area (Å²) in [4.78, 5) is 33.8. The molecule has 0 atom stereocenters. The van der Waals surface area contributed by atoms with Gasteiger partial charge < -0.3 is 19.6 Å². The highest BCUT2D eigenvalue weighted by atomic mass is 16.5. The molecule has 7 nitrogen and oxygen atoms in total. The lowest BCUT2D eigenvalue weighted by molar-refractivity contribution is 0.0549. The summed E-state index contributed by atoms with van der Waals surface area (Å²) in [5.74, 6) is -0.279. The predicted octanol–water partition coefficient (Wildman–Crippen LogP) is 4.91. The number of carbonyl (C=O) groups is 2. The molecule has 0 aliphatic carbocycles. The third-order valence-corrected chi connectivity index (χ3v) is 6.56. The number of hydrogen-bond donors (Lipinski definition) is 1. The largest absolute Gasteiger partial charge is 0.506 e. The average Bonchev–Trinajstić information content (AvgIpc) is 2.95. The van der Waals surface area contributed by atoms with Crippen LogP contribution in [0.3, 0.4) is 0 Å². The minimum Gasteiger partial charge on any atom is -0.506 e. The molecule has 0 spiro atoms. The van der Waals surface area contributed by atoms with Crippen LogP contribution in [-0.4, -0.2) is 59.7 Å². The minimum absolute atomic E-state index is 0.00301. The number of rotatable bonds is 6. The second kappa shape index (κ2) is 10.5. The number of anilines is 1. The number of esters is 1. The molecule has 1 aromatic heterocycles. The van der Waals surface area contributed by atoms with Crippen molar-refractivity contribution >= 4 is 28.3 Å². The zero-order valence-corrected chi connectivity index (χ0v) is 20.3. The van der Waals surface area contributed by atoms with E-state index in [9.17, 15) is 14.7 Å². The standard InChI is InChI=1S/C30H27N3O4/c1-2-17-37-30(36)21-7-9-23(10-8-21)32-13-15-33(16-14-32)29(35)28-12-11-25(22-18-24(34)20-31-19-22)26-5-3-4-6-27(26)28/h2-12,18-20,34H,1,13-17H2. The normalized spacial score (nSPS) is 13.4. The summed E-state index contributed by atoms with van der Waals surface area (Å²) in [6.07, 6.45) is 4.64. The Morgan fingerprint density at radius 3 is 2.38 bits per heavy atom. The predicted molar refractivity (Wildman–Crippen MR) is 144 cm³/mol. The number of piperazine rings is 1. The van der Waals surface area contributed by atoms with Crippen LogP contribution >= 0.6 is 0 Å². The van der Waals surface area contributed by atoms with E-state index in [4.69, 9.17) is 4.74 Å². The van der Waals surface area contributed by atoms with E-state index < -0.39 is 0 Å². The molecule has 1 aliphatic heterocycles. The van der Waals surface area contributed by atoms with E-state index in [0.717, 1.165) is 27.6 Å². The van der Waals surface area contributed by atoms with Gasteiger partial charge in [0, 0.05) is 49.2 Å². The van der Waals surface area contributed by atoms with Crippen LogP contribution in [-0.2, 0) is 4.74 Å². The summed E-state index contributed by atoms with van der Waals surface area (Å²) >= 11 is 0. The molecule has 0 bridgehead atoms. The maximum absolute atomic E-state index is 13.6. The Bertz CT molecular complexity index is 1460. The first kappa shape index (κ1) is 24.1. The van der Waals surface area contributed by atoms with Crippen LogP contribution in [0.4, 0.5) is 5.69 Å². The lowest BCUT2D eigenvalue weighted by Crippen LogP contribution is -2.48. The van der Waals surface area contributed by atoms with Gasteiger partial charge in [0.1, 0.15) is 12.4 Å². The number of hydrogen-bond acceptors (Lipinski definition) is 6. The fourth-order valence-corrected chi connectivity index (χ4v) is 4.68. The Morgan fingerprint density at radius 2 is 1.68 bits per heavy atom. The molecule has 37 heavy (non-hydrogen) atoms. The van der Waals surface area contributed by atoms with Gasteiger partial charge in [0.05, 0.1) is 11.8 Å². The lowest BCUT2D eigenvalue weighted by Gasteiger charge is -2.36. The molecule has 1 aliphatic rings. The highest BCUT2D eigenvalue weighted by Gasteiger charge is 2.24. The highest BCUT2D eigenvalue weighted by molar-refractivity contribution is 6.11. The summed E-state index contributed by atoms with van der Waals surface area (Å²) in [5.41, 5.74) is 3.86. The molecule has 1 amide bonds. The van der Waals surface area contributed by atoms with Crippen molar-refractivity contribution in [1.29, 1.82) is 0 Å². The van der Waals surface area contributed by atoms with Crippen molar-refractivity contribution in [1.82, 2.24) is 9.88 Å². The van der Waals surface area contributed by atoms with Crippen molar-refractivity contribution in [2.45, 2.75) is 0 Å². The maximum Gasteiger partial charge on any atom is 0.338 e. The quantitative estimate of drug-likeness (QED) is 0.304. The Balaban J connectivity index is 1.31. The molecule has 186 valence electrons. The lowest BCUT2D eigenvalue weighted by atomic mass is 9.95. The second-order valence-corrected chi connectivity index (χ2v) is 8.85. The Labute approximate surface area is 215 Å². The summed E-state index contributed by atoms with van der Waals surface area (Å²) in [7, 11) is 0. The fourth-order valence-electron chi connectivity index (χ4n) is 4.68. The average molecular weight is 494 g/mol. The van der Waals surface area contributed by atoms with E-state index in [0.29, 0.717) is 37.3 Å². The summed E-state index contributed by atoms with van der Waals surface area (Å²) in [6.45, 7) is 6.30. The molecule has 0 saturated carbocycles. The molecule has 7 heteroatoms. The van der Waals surface area contributed by atoms with Gasteiger partial charge in [-0.05, 0) is 52.7 Å². The highest BCUT2D eigenvalue weighted by Crippen LogP contribution is 2.32. The molecule has 1 N–H and O–H groups in total. The first-order valence-electron chi connectivity index (χ1n) is 12.1. The number of pyridine rings is 1. The summed E-state index contributed by atoms with van der Waals surface area (Å²) in [6, 6.07) is 20.6. The number of aromatic nitrogens is 1. The van der Waals surface area contributed by atoms with E-state index in [1.165, 1.54) is 12.3 Å². The molecule has 1 saturated heterocycles. The van der Waals surface area contributed by atoms with Crippen molar-refractivity contribution in [2.75, 3.05) is 37.7 Å². The Kier molecular flexibility index (Phi) is 6.85. The van der Waals surface area contributed by atoms with Gasteiger partial charge >= 0.3 is 5.97 Å². The van der Waals surface area contributed by atoms with E-state index in [1.54, 1.807) is 24.4 Å². The number of benzene rings is 3. The zero-order valence-electron chi connectivity index (χ0n) is 20.3. The molecule has 3 aromatic carbocycles. The number of amides is 1. The first-order valence-corrected chi connectivity index (χ1v) is 12.1. The SMILES string of the molecule is C=CCOC(=O)c1ccc(N2CCN(C(=O)c3ccc(-c4cncc(O)c4)c4ccccc34)CC2)cc1. The van der Waals surface area contributed by atoms with Crippen LogP contribution in [0.1, 0.15) is 20.7 Å². The van der Waals surface area contributed by atoms with E-state index in [1.807, 2.05) is 53.4 Å². The minimum atomic E-state index is -0.375. The molecule has 2 heterocycles. The van der Waals surface area contributed by atoms with Crippen molar-refractivity contribution in [3.63, 3.8) is 0 Å². The molecule has 0 unspecified atom stereocenters. The smallest absolute Gasteiger partial charge is 0.338 e. The summed E-state index contributed by atoms with van der Waals surface area (Å²) < 4.78 is 5.08. The third-order valence-electron chi connectivity index (χ3n) is 6.56. The number of aromatic hydroxyl groups is 1. The monoisotopic (exact) mass is 493 g/mol. The Hall–Kier alpha value is -4.65. The topological polar surface area (TPSA) is 83.0 Å². The molecule has 5 rings (SSSR count). The fraction of sp³-hybridized carbons (Fsp3) is 0.167. The van der Waals surface area contributed by atoms with Crippen molar-refractivity contribution in [2.24, 2.45) is 0 Å². The summed E-state index contributed by atoms with van der Waals surface area (Å²) in [5, 5.41) is 11.7. The zero-order chi connectivity index (χ0) is 25.8. The van der Waals surface area contributed by atoms with Crippen molar-refractivity contribution in [3.05, 3.63) is 103 Å². The van der Waals surface area contributed by atoms with Gasteiger partial charge in [0.2, 0.25) is 0 Å². The van der Waals surface area contributed by atoms with Gasteiger partial charge in [-0.2, -0.15) is 0 Å². The van der Waals surface area contributed by atoms with Crippen LogP contribution in [0.25, 0.3) is 21.9 Å².